The molecule has 0 unspecified atom stereocenters. The van der Waals surface area contributed by atoms with Crippen molar-refractivity contribution in [1.29, 1.82) is 0 Å². The highest BCUT2D eigenvalue weighted by molar-refractivity contribution is 8.00. The van der Waals surface area contributed by atoms with Gasteiger partial charge in [-0.05, 0) is 13.0 Å². The van der Waals surface area contributed by atoms with Gasteiger partial charge in [-0.3, -0.25) is 4.79 Å². The number of carbonyl (C=O) groups excluding carboxylic acids is 1. The monoisotopic (exact) mass is 437 g/mol. The summed E-state index contributed by atoms with van der Waals surface area (Å²) < 4.78 is 12.6. The Labute approximate surface area is 181 Å². The first-order chi connectivity index (χ1) is 15.1. The Hall–Kier alpha value is -3.60. The van der Waals surface area contributed by atoms with Gasteiger partial charge in [-0.25, -0.2) is 15.0 Å². The van der Waals surface area contributed by atoms with Crippen molar-refractivity contribution in [1.82, 2.24) is 29.7 Å². The lowest BCUT2D eigenvalue weighted by molar-refractivity contribution is -0.113. The number of aromatic amines is 1. The van der Waals surface area contributed by atoms with Gasteiger partial charge in [-0.2, -0.15) is 9.78 Å². The van der Waals surface area contributed by atoms with Gasteiger partial charge in [0.15, 0.2) is 11.5 Å². The molecule has 0 spiro atoms. The van der Waals surface area contributed by atoms with Crippen molar-refractivity contribution in [2.45, 2.75) is 12.2 Å². The molecule has 31 heavy (non-hydrogen) atoms. The number of aromatic nitrogens is 6. The Balaban J connectivity index is 1.72. The number of ether oxygens (including phenoxy) is 2. The van der Waals surface area contributed by atoms with Crippen LogP contribution in [-0.2, 0) is 4.79 Å². The highest BCUT2D eigenvalue weighted by Crippen LogP contribution is 2.47. The van der Waals surface area contributed by atoms with Gasteiger partial charge < -0.3 is 19.8 Å². The number of anilines is 1. The van der Waals surface area contributed by atoms with E-state index < -0.39 is 0 Å². The molecule has 1 atom stereocenters. The number of rotatable bonds is 4. The van der Waals surface area contributed by atoms with Crippen LogP contribution < -0.4 is 14.8 Å². The number of hydrogen-bond donors (Lipinski definition) is 2. The van der Waals surface area contributed by atoms with E-state index in [0.717, 1.165) is 16.8 Å². The summed E-state index contributed by atoms with van der Waals surface area (Å²) in [5.41, 5.74) is 3.76. The van der Waals surface area contributed by atoms with Crippen molar-refractivity contribution in [2.75, 3.05) is 25.3 Å². The fraction of sp³-hybridized carbons (Fsp3) is 0.250. The molecule has 3 aromatic heterocycles. The van der Waals surface area contributed by atoms with Gasteiger partial charge in [0.2, 0.25) is 5.91 Å². The molecule has 4 heterocycles. The lowest BCUT2D eigenvalue weighted by atomic mass is 10.0. The largest absolute Gasteiger partial charge is 0.497 e. The molecule has 0 radical (unpaired) electrons. The maximum atomic E-state index is 12.6. The molecule has 1 aliphatic heterocycles. The van der Waals surface area contributed by atoms with Crippen LogP contribution >= 0.6 is 11.8 Å². The van der Waals surface area contributed by atoms with Crippen LogP contribution in [-0.4, -0.2) is 55.6 Å². The van der Waals surface area contributed by atoms with Gasteiger partial charge in [0.05, 0.1) is 37.2 Å². The minimum atomic E-state index is -0.178. The van der Waals surface area contributed by atoms with Crippen molar-refractivity contribution in [2.24, 2.45) is 0 Å². The number of fused-ring (bicyclic) bond motifs is 2. The third kappa shape index (κ3) is 3.17. The van der Waals surface area contributed by atoms with Crippen molar-refractivity contribution in [3.8, 4) is 17.3 Å². The number of imidazole rings is 1. The van der Waals surface area contributed by atoms with Crippen LogP contribution in [0.1, 0.15) is 22.1 Å². The van der Waals surface area contributed by atoms with Crippen LogP contribution in [0.25, 0.3) is 17.0 Å². The van der Waals surface area contributed by atoms with Gasteiger partial charge >= 0.3 is 0 Å². The van der Waals surface area contributed by atoms with Crippen molar-refractivity contribution >= 4 is 34.7 Å². The predicted octanol–water partition coefficient (Wildman–Crippen LogP) is 2.64. The lowest BCUT2D eigenvalue weighted by Crippen LogP contribution is -2.16. The standard InChI is InChI=1S/C20H19N7O3S/c1-10-15-17(12-5-4-11(29-2)6-13(12)30-3)31-7-14(28)25-19(15)27(26-10)20-16-18(22-8-21-16)23-9-24-20/h4-6,8-9,17H,7H2,1-3H3,(H,25,28)(H,21,22,23,24)/t17-/m1/s1. The fourth-order valence-electron chi connectivity index (χ4n) is 3.73. The molecule has 1 aliphatic rings. The molecular weight excluding hydrogens is 418 g/mol. The minimum Gasteiger partial charge on any atom is -0.497 e. The summed E-state index contributed by atoms with van der Waals surface area (Å²) in [5.74, 6) is 2.64. The van der Waals surface area contributed by atoms with Crippen molar-refractivity contribution < 1.29 is 14.3 Å². The molecule has 5 rings (SSSR count). The molecule has 0 aliphatic carbocycles. The number of H-pyrrole nitrogens is 1. The second-order valence-electron chi connectivity index (χ2n) is 6.91. The SMILES string of the molecule is COc1ccc([C@H]2SCC(=O)Nc3c2c(C)nn3-c2ncnc3nc[nH]c23)c(OC)c1. The van der Waals surface area contributed by atoms with Gasteiger partial charge in [0.1, 0.15) is 29.2 Å². The normalized spacial score (nSPS) is 16.0. The zero-order valence-corrected chi connectivity index (χ0v) is 17.9. The highest BCUT2D eigenvalue weighted by atomic mass is 32.2. The Morgan fingerprint density at radius 2 is 2.06 bits per heavy atom. The number of methoxy groups -OCH3 is 2. The van der Waals surface area contributed by atoms with Crippen molar-refractivity contribution in [3.05, 3.63) is 47.7 Å². The number of hydrogen-bond acceptors (Lipinski definition) is 8. The summed E-state index contributed by atoms with van der Waals surface area (Å²) in [7, 11) is 3.23. The van der Waals surface area contributed by atoms with Gasteiger partial charge in [-0.15, -0.1) is 11.8 Å². The zero-order chi connectivity index (χ0) is 21.5. The number of nitrogens with zero attached hydrogens (tertiary/aromatic N) is 5. The predicted molar refractivity (Wildman–Crippen MR) is 116 cm³/mol. The topological polar surface area (TPSA) is 120 Å². The minimum absolute atomic E-state index is 0.114. The Morgan fingerprint density at radius 1 is 1.19 bits per heavy atom. The van der Waals surface area contributed by atoms with E-state index in [9.17, 15) is 4.79 Å². The van der Waals surface area contributed by atoms with Crippen LogP contribution in [0.4, 0.5) is 5.82 Å². The van der Waals surface area contributed by atoms with E-state index in [1.54, 1.807) is 25.2 Å². The third-order valence-corrected chi connectivity index (χ3v) is 6.39. The number of carbonyl (C=O) groups is 1. The van der Waals surface area contributed by atoms with Crippen LogP contribution in [0.3, 0.4) is 0 Å². The first-order valence-electron chi connectivity index (χ1n) is 9.48. The maximum absolute atomic E-state index is 12.6. The summed E-state index contributed by atoms with van der Waals surface area (Å²) in [6.07, 6.45) is 2.98. The summed E-state index contributed by atoms with van der Waals surface area (Å²) in [6.45, 7) is 1.92. The first-order valence-corrected chi connectivity index (χ1v) is 10.5. The van der Waals surface area contributed by atoms with Crippen LogP contribution in [0.15, 0.2) is 30.9 Å². The lowest BCUT2D eigenvalue weighted by Gasteiger charge is -2.19. The summed E-state index contributed by atoms with van der Waals surface area (Å²) in [6, 6.07) is 5.69. The average molecular weight is 437 g/mol. The molecule has 1 aromatic carbocycles. The number of amides is 1. The first kappa shape index (κ1) is 19.4. The quantitative estimate of drug-likeness (QED) is 0.500. The maximum Gasteiger partial charge on any atom is 0.235 e. The average Bonchev–Trinajstić information content (AvgIpc) is 3.34. The van der Waals surface area contributed by atoms with Crippen LogP contribution in [0, 0.1) is 6.92 Å². The number of benzene rings is 1. The molecule has 10 nitrogen and oxygen atoms in total. The molecule has 0 saturated heterocycles. The van der Waals surface area contributed by atoms with Crippen molar-refractivity contribution in [3.63, 3.8) is 0 Å². The Morgan fingerprint density at radius 3 is 2.87 bits per heavy atom. The third-order valence-electron chi connectivity index (χ3n) is 5.13. The molecule has 158 valence electrons. The van der Waals surface area contributed by atoms with E-state index in [-0.39, 0.29) is 16.9 Å². The van der Waals surface area contributed by atoms with Gasteiger partial charge in [0, 0.05) is 17.2 Å². The second kappa shape index (κ2) is 7.58. The highest BCUT2D eigenvalue weighted by Gasteiger charge is 2.33. The Bertz CT molecular complexity index is 1300. The summed E-state index contributed by atoms with van der Waals surface area (Å²) >= 11 is 1.52. The number of aryl methyl sites for hydroxylation is 1. The molecule has 4 aromatic rings. The van der Waals surface area contributed by atoms with E-state index in [0.29, 0.717) is 34.3 Å². The van der Waals surface area contributed by atoms with E-state index >= 15 is 0 Å². The Kier molecular flexibility index (Phi) is 4.74. The fourth-order valence-corrected chi connectivity index (χ4v) is 4.94. The number of thioether (sulfide) groups is 1. The molecule has 11 heteroatoms. The van der Waals surface area contributed by atoms with Gasteiger partial charge in [-0.1, -0.05) is 6.07 Å². The van der Waals surface area contributed by atoms with E-state index in [1.165, 1.54) is 18.1 Å². The second-order valence-corrected chi connectivity index (χ2v) is 8.00. The number of nitrogens with one attached hydrogen (secondary N) is 2. The molecule has 0 bridgehead atoms. The van der Waals surface area contributed by atoms with E-state index in [1.807, 2.05) is 25.1 Å². The van der Waals surface area contributed by atoms with E-state index in [4.69, 9.17) is 14.6 Å². The summed E-state index contributed by atoms with van der Waals surface area (Å²) in [5, 5.41) is 7.55. The van der Waals surface area contributed by atoms with Gasteiger partial charge in [0.25, 0.3) is 0 Å². The zero-order valence-electron chi connectivity index (χ0n) is 17.0. The van der Waals surface area contributed by atoms with E-state index in [2.05, 4.69) is 25.3 Å². The molecule has 1 amide bonds. The smallest absolute Gasteiger partial charge is 0.235 e. The molecule has 2 N–H and O–H groups in total. The summed E-state index contributed by atoms with van der Waals surface area (Å²) in [4.78, 5) is 28.4. The van der Waals surface area contributed by atoms with Crippen LogP contribution in [0.2, 0.25) is 0 Å². The molecular formula is C20H19N7O3S. The molecule has 0 saturated carbocycles. The molecule has 0 fully saturated rings. The van der Waals surface area contributed by atoms with Crippen LogP contribution in [0.5, 0.6) is 11.5 Å².